The van der Waals surface area contributed by atoms with E-state index in [4.69, 9.17) is 11.6 Å². The second kappa shape index (κ2) is 8.87. The minimum atomic E-state index is 0.0935. The smallest absolute Gasteiger partial charge is 0.0659 e. The first-order valence-corrected chi connectivity index (χ1v) is 9.75. The third-order valence-electron chi connectivity index (χ3n) is 4.72. The van der Waals surface area contributed by atoms with Crippen molar-refractivity contribution in [2.45, 2.75) is 19.1 Å². The average Bonchev–Trinajstić information content (AvgIpc) is 3.18. The molecule has 4 rings (SSSR count). The van der Waals surface area contributed by atoms with E-state index in [1.54, 1.807) is 0 Å². The number of aromatic nitrogens is 2. The summed E-state index contributed by atoms with van der Waals surface area (Å²) in [5, 5.41) is 8.92. The molecule has 4 aromatic rings. The Balaban J connectivity index is 1.48. The molecule has 0 spiro atoms. The van der Waals surface area contributed by atoms with Crippen molar-refractivity contribution in [1.82, 2.24) is 15.1 Å². The Morgan fingerprint density at radius 1 is 0.786 bits per heavy atom. The summed E-state index contributed by atoms with van der Waals surface area (Å²) in [5.41, 5.74) is 4.81. The van der Waals surface area contributed by atoms with Gasteiger partial charge in [0.25, 0.3) is 0 Å². The zero-order chi connectivity index (χ0) is 19.2. The van der Waals surface area contributed by atoms with Gasteiger partial charge in [-0.2, -0.15) is 5.10 Å². The van der Waals surface area contributed by atoms with Gasteiger partial charge in [-0.15, -0.1) is 0 Å². The normalized spacial score (nSPS) is 12.0. The van der Waals surface area contributed by atoms with E-state index >= 15 is 0 Å². The van der Waals surface area contributed by atoms with Crippen LogP contribution in [-0.4, -0.2) is 9.78 Å². The molecule has 0 saturated heterocycles. The average molecular weight is 388 g/mol. The fraction of sp³-hybridized carbons (Fsp3) is 0.125. The van der Waals surface area contributed by atoms with Crippen molar-refractivity contribution in [3.05, 3.63) is 125 Å². The third kappa shape index (κ3) is 4.69. The van der Waals surface area contributed by atoms with Gasteiger partial charge in [0.1, 0.15) is 0 Å². The van der Waals surface area contributed by atoms with Gasteiger partial charge in [-0.3, -0.25) is 4.68 Å². The Kier molecular flexibility index (Phi) is 5.86. The van der Waals surface area contributed by atoms with E-state index in [1.165, 1.54) is 16.7 Å². The highest BCUT2D eigenvalue weighted by atomic mass is 35.5. The highest BCUT2D eigenvalue weighted by Crippen LogP contribution is 2.24. The number of nitrogens with one attached hydrogen (secondary N) is 1. The number of rotatable bonds is 7. The van der Waals surface area contributed by atoms with Crippen LogP contribution < -0.4 is 5.32 Å². The largest absolute Gasteiger partial charge is 0.302 e. The SMILES string of the molecule is Clc1ccc([C@H](NCc2cnn(Cc3ccccc3)c2)c2ccccc2)cc1. The standard InChI is InChI=1S/C24H22ClN3/c25-23-13-11-22(12-14-23)24(21-9-5-2-6-10-21)26-15-20-16-27-28(18-20)17-19-7-3-1-4-8-19/h1-14,16,18,24,26H,15,17H2/t24-/m1/s1. The number of halogens is 1. The first-order valence-electron chi connectivity index (χ1n) is 9.37. The molecule has 140 valence electrons. The molecule has 1 N–H and O–H groups in total. The van der Waals surface area contributed by atoms with E-state index in [1.807, 2.05) is 35.1 Å². The molecule has 3 aromatic carbocycles. The monoisotopic (exact) mass is 387 g/mol. The number of benzene rings is 3. The van der Waals surface area contributed by atoms with Crippen LogP contribution in [0, 0.1) is 0 Å². The molecule has 0 aliphatic carbocycles. The quantitative estimate of drug-likeness (QED) is 0.456. The van der Waals surface area contributed by atoms with Crippen LogP contribution in [0.5, 0.6) is 0 Å². The lowest BCUT2D eigenvalue weighted by Crippen LogP contribution is -2.21. The van der Waals surface area contributed by atoms with E-state index in [-0.39, 0.29) is 6.04 Å². The van der Waals surface area contributed by atoms with E-state index in [0.29, 0.717) is 0 Å². The molecule has 0 fully saturated rings. The first kappa shape index (κ1) is 18.5. The summed E-state index contributed by atoms with van der Waals surface area (Å²) in [6, 6.07) is 28.9. The molecule has 0 aliphatic heterocycles. The Hall–Kier alpha value is -2.88. The molecule has 0 amide bonds. The summed E-state index contributed by atoms with van der Waals surface area (Å²) < 4.78 is 1.98. The second-order valence-electron chi connectivity index (χ2n) is 6.81. The second-order valence-corrected chi connectivity index (χ2v) is 7.24. The Morgan fingerprint density at radius 2 is 1.43 bits per heavy atom. The van der Waals surface area contributed by atoms with Gasteiger partial charge in [0, 0.05) is 23.3 Å². The molecule has 0 unspecified atom stereocenters. The van der Waals surface area contributed by atoms with Crippen molar-refractivity contribution < 1.29 is 0 Å². The predicted octanol–water partition coefficient (Wildman–Crippen LogP) is 5.46. The number of hydrogen-bond donors (Lipinski definition) is 1. The molecule has 28 heavy (non-hydrogen) atoms. The van der Waals surface area contributed by atoms with Crippen molar-refractivity contribution in [3.63, 3.8) is 0 Å². The van der Waals surface area contributed by atoms with Gasteiger partial charge < -0.3 is 5.32 Å². The minimum absolute atomic E-state index is 0.0935. The fourth-order valence-corrected chi connectivity index (χ4v) is 3.43. The molecule has 0 saturated carbocycles. The van der Waals surface area contributed by atoms with Gasteiger partial charge in [-0.1, -0.05) is 84.4 Å². The molecule has 1 aromatic heterocycles. The maximum Gasteiger partial charge on any atom is 0.0659 e. The lowest BCUT2D eigenvalue weighted by atomic mass is 9.98. The zero-order valence-electron chi connectivity index (χ0n) is 15.5. The van der Waals surface area contributed by atoms with Crippen molar-refractivity contribution in [3.8, 4) is 0 Å². The van der Waals surface area contributed by atoms with Gasteiger partial charge in [-0.25, -0.2) is 0 Å². The zero-order valence-corrected chi connectivity index (χ0v) is 16.3. The minimum Gasteiger partial charge on any atom is -0.302 e. The van der Waals surface area contributed by atoms with Crippen LogP contribution in [0.25, 0.3) is 0 Å². The Bertz CT molecular complexity index is 995. The van der Waals surface area contributed by atoms with Crippen molar-refractivity contribution in [1.29, 1.82) is 0 Å². The highest BCUT2D eigenvalue weighted by molar-refractivity contribution is 6.30. The maximum absolute atomic E-state index is 6.07. The predicted molar refractivity (Wildman–Crippen MR) is 114 cm³/mol. The summed E-state index contributed by atoms with van der Waals surface area (Å²) in [7, 11) is 0. The van der Waals surface area contributed by atoms with Gasteiger partial charge in [0.05, 0.1) is 18.8 Å². The molecule has 4 heteroatoms. The molecular formula is C24H22ClN3. The van der Waals surface area contributed by atoms with Crippen molar-refractivity contribution >= 4 is 11.6 Å². The topological polar surface area (TPSA) is 29.9 Å². The molecule has 0 radical (unpaired) electrons. The van der Waals surface area contributed by atoms with Crippen molar-refractivity contribution in [2.24, 2.45) is 0 Å². The van der Waals surface area contributed by atoms with E-state index in [2.05, 4.69) is 77.3 Å². The van der Waals surface area contributed by atoms with Crippen LogP contribution in [-0.2, 0) is 13.1 Å². The van der Waals surface area contributed by atoms with Crippen LogP contribution in [0.4, 0.5) is 0 Å². The molecule has 1 atom stereocenters. The molecule has 3 nitrogen and oxygen atoms in total. The van der Waals surface area contributed by atoms with Crippen LogP contribution in [0.2, 0.25) is 5.02 Å². The van der Waals surface area contributed by atoms with Crippen LogP contribution >= 0.6 is 11.6 Å². The summed E-state index contributed by atoms with van der Waals surface area (Å²) in [4.78, 5) is 0. The first-order chi connectivity index (χ1) is 13.8. The van der Waals surface area contributed by atoms with Crippen LogP contribution in [0.1, 0.15) is 28.3 Å². The van der Waals surface area contributed by atoms with E-state index < -0.39 is 0 Å². The molecule has 1 heterocycles. The third-order valence-corrected chi connectivity index (χ3v) is 4.97. The van der Waals surface area contributed by atoms with Crippen molar-refractivity contribution in [2.75, 3.05) is 0 Å². The molecular weight excluding hydrogens is 366 g/mol. The van der Waals surface area contributed by atoms with Gasteiger partial charge in [0.2, 0.25) is 0 Å². The fourth-order valence-electron chi connectivity index (χ4n) is 3.30. The van der Waals surface area contributed by atoms with Gasteiger partial charge >= 0.3 is 0 Å². The van der Waals surface area contributed by atoms with Crippen LogP contribution in [0.15, 0.2) is 97.3 Å². The highest BCUT2D eigenvalue weighted by Gasteiger charge is 2.14. The molecule has 0 bridgehead atoms. The summed E-state index contributed by atoms with van der Waals surface area (Å²) in [6.07, 6.45) is 4.03. The summed E-state index contributed by atoms with van der Waals surface area (Å²) in [5.74, 6) is 0. The lowest BCUT2D eigenvalue weighted by molar-refractivity contribution is 0.604. The number of nitrogens with zero attached hydrogens (tertiary/aromatic N) is 2. The summed E-state index contributed by atoms with van der Waals surface area (Å²) in [6.45, 7) is 1.51. The van der Waals surface area contributed by atoms with E-state index in [0.717, 1.165) is 23.7 Å². The maximum atomic E-state index is 6.07. The Morgan fingerprint density at radius 3 is 2.14 bits per heavy atom. The van der Waals surface area contributed by atoms with Gasteiger partial charge in [-0.05, 0) is 28.8 Å². The Labute approximate surface area is 170 Å². The van der Waals surface area contributed by atoms with Gasteiger partial charge in [0.15, 0.2) is 0 Å². The number of hydrogen-bond acceptors (Lipinski definition) is 2. The lowest BCUT2D eigenvalue weighted by Gasteiger charge is -2.19. The van der Waals surface area contributed by atoms with Crippen LogP contribution in [0.3, 0.4) is 0 Å². The van der Waals surface area contributed by atoms with E-state index in [9.17, 15) is 0 Å². The summed E-state index contributed by atoms with van der Waals surface area (Å²) >= 11 is 6.07. The molecule has 0 aliphatic rings.